The first-order valence-electron chi connectivity index (χ1n) is 1.41. The van der Waals surface area contributed by atoms with Crippen LogP contribution in [0.1, 0.15) is 0 Å². The third-order valence-corrected chi connectivity index (χ3v) is 0.333. The summed E-state index contributed by atoms with van der Waals surface area (Å²) in [6, 6.07) is 0. The first kappa shape index (κ1) is 11.0. The predicted octanol–water partition coefficient (Wildman–Crippen LogP) is -2.55. The largest absolute Gasteiger partial charge is 0.457 e. The van der Waals surface area contributed by atoms with E-state index in [2.05, 4.69) is 13.7 Å². The minimum Gasteiger partial charge on any atom is -0.457 e. The van der Waals surface area contributed by atoms with Crippen molar-refractivity contribution in [3.05, 3.63) is 0 Å². The molecule has 0 aromatic rings. The third kappa shape index (κ3) is 4.26. The molecule has 0 atom stereocenters. The summed E-state index contributed by atoms with van der Waals surface area (Å²) in [6.07, 6.45) is 0. The quantitative estimate of drug-likeness (QED) is 0.322. The topological polar surface area (TPSA) is 59.2 Å². The second kappa shape index (κ2) is 7.10. The van der Waals surface area contributed by atoms with Gasteiger partial charge in [-0.1, -0.05) is 0 Å². The fourth-order valence-corrected chi connectivity index (χ4v) is 0.164. The van der Waals surface area contributed by atoms with Gasteiger partial charge >= 0.3 is 23.1 Å². The maximum Gasteiger partial charge on any atom is 0.457 e. The molecule has 8 heteroatoms. The van der Waals surface area contributed by atoms with E-state index in [-0.39, 0.29) is 13.9 Å². The molecule has 0 bridgehead atoms. The molecule has 0 spiro atoms. The Morgan fingerprint density at radius 3 is 1.12 bits per heavy atom. The highest BCUT2D eigenvalue weighted by atomic mass is 16.7. The van der Waals surface area contributed by atoms with Gasteiger partial charge in [-0.05, 0) is 0 Å². The summed E-state index contributed by atoms with van der Waals surface area (Å²) in [5.41, 5.74) is 0. The van der Waals surface area contributed by atoms with Crippen LogP contribution in [-0.2, 0) is 13.7 Å². The van der Waals surface area contributed by atoms with Crippen LogP contribution in [0.2, 0.25) is 0 Å². The molecule has 1 aliphatic heterocycles. The molecule has 1 saturated heterocycles. The van der Waals surface area contributed by atoms with Crippen molar-refractivity contribution in [2.24, 2.45) is 0 Å². The van der Waals surface area contributed by atoms with Crippen molar-refractivity contribution >= 4 is 31.5 Å². The lowest BCUT2D eigenvalue weighted by molar-refractivity contribution is 0.347. The van der Waals surface area contributed by atoms with E-state index in [1.807, 2.05) is 0 Å². The Morgan fingerprint density at radius 2 is 1.00 bits per heavy atom. The average molecular weight is 109 g/mol. The highest BCUT2D eigenvalue weighted by Crippen LogP contribution is 1.78. The molecule has 0 aromatic carbocycles. The second-order valence-electron chi connectivity index (χ2n) is 0.697. The van der Waals surface area contributed by atoms with Crippen LogP contribution in [0.25, 0.3) is 0 Å². The minimum absolute atomic E-state index is 0. The fourth-order valence-electron chi connectivity index (χ4n) is 0.164. The summed E-state index contributed by atoms with van der Waals surface area (Å²) in [5, 5.41) is 0. The summed E-state index contributed by atoms with van der Waals surface area (Å²) in [7, 11) is 3.47. The summed E-state index contributed by atoms with van der Waals surface area (Å²) in [4.78, 5) is 0. The smallest absolute Gasteiger partial charge is 0.457 e. The van der Waals surface area contributed by atoms with E-state index in [4.69, 9.17) is 0 Å². The summed E-state index contributed by atoms with van der Waals surface area (Å²) >= 11 is 0. The van der Waals surface area contributed by atoms with E-state index >= 15 is 0 Å². The van der Waals surface area contributed by atoms with Gasteiger partial charge in [0.05, 0.1) is 0 Å². The Balaban J connectivity index is 0. The van der Waals surface area contributed by atoms with Crippen molar-refractivity contribution in [2.75, 3.05) is 0 Å². The van der Waals surface area contributed by atoms with Gasteiger partial charge < -0.3 is 19.2 Å². The van der Waals surface area contributed by atoms with Gasteiger partial charge in [0.25, 0.3) is 0 Å². The standard InChI is InChI=1S/B3O3.B.H2O/c1-4-2-6-3-5-1;;/h;;1H2. The Morgan fingerprint density at radius 1 is 0.750 bits per heavy atom. The van der Waals surface area contributed by atoms with Gasteiger partial charge in [-0.15, -0.1) is 0 Å². The van der Waals surface area contributed by atoms with Crippen molar-refractivity contribution < 1.29 is 19.2 Å². The number of hydrogen-bond donors (Lipinski definition) is 0. The van der Waals surface area contributed by atoms with Crippen LogP contribution in [0, 0.1) is 0 Å². The molecule has 0 aromatic heterocycles. The Hall–Kier alpha value is 0.0997. The molecule has 2 N–H and O–H groups in total. The van der Waals surface area contributed by atoms with Gasteiger partial charge in [0.15, 0.2) is 0 Å². The van der Waals surface area contributed by atoms with Gasteiger partial charge in [-0.25, -0.2) is 0 Å². The summed E-state index contributed by atoms with van der Waals surface area (Å²) in [6.45, 7) is 0. The fraction of sp³-hybridized carbons (Fsp3) is 0. The first-order valence-corrected chi connectivity index (χ1v) is 1.41. The van der Waals surface area contributed by atoms with E-state index in [1.165, 1.54) is 0 Å². The molecule has 0 saturated carbocycles. The average Bonchev–Trinajstić information content (AvgIpc) is 1.72. The molecule has 0 unspecified atom stereocenters. The van der Waals surface area contributed by atoms with Crippen LogP contribution in [0.4, 0.5) is 0 Å². The Bertz CT molecular complexity index is 23.5. The van der Waals surface area contributed by atoms with Gasteiger partial charge in [0.2, 0.25) is 0 Å². The molecule has 1 heterocycles. The number of hydrogen-bond acceptors (Lipinski definition) is 3. The van der Waals surface area contributed by atoms with Crippen LogP contribution < -0.4 is 0 Å². The van der Waals surface area contributed by atoms with Crippen LogP contribution in [0.5, 0.6) is 0 Å². The zero-order chi connectivity index (χ0) is 4.24. The Labute approximate surface area is 51.7 Å². The zero-order valence-corrected chi connectivity index (χ0v) is 4.03. The molecule has 1 rings (SSSR count). The van der Waals surface area contributed by atoms with Crippen molar-refractivity contribution in [1.29, 1.82) is 0 Å². The van der Waals surface area contributed by atoms with E-state index < -0.39 is 0 Å². The van der Waals surface area contributed by atoms with Crippen LogP contribution in [-0.4, -0.2) is 36.9 Å². The molecule has 8 heavy (non-hydrogen) atoms. The maximum absolute atomic E-state index is 4.34. The number of rotatable bonds is 0. The normalized spacial score (nSPS) is 15.0. The van der Waals surface area contributed by atoms with Crippen molar-refractivity contribution in [3.63, 3.8) is 0 Å². The van der Waals surface area contributed by atoms with Crippen LogP contribution in [0.3, 0.4) is 0 Å². The molecule has 4 nitrogen and oxygen atoms in total. The van der Waals surface area contributed by atoms with Crippen LogP contribution in [0.15, 0.2) is 0 Å². The molecular formula is H2B4O4. The molecule has 38 valence electrons. The monoisotopic (exact) mass is 110 g/mol. The lowest BCUT2D eigenvalue weighted by Gasteiger charge is -2.05. The lowest BCUT2D eigenvalue weighted by Crippen LogP contribution is -2.23. The van der Waals surface area contributed by atoms with Gasteiger partial charge in [-0.2, -0.15) is 0 Å². The molecule has 1 aliphatic rings. The van der Waals surface area contributed by atoms with Crippen molar-refractivity contribution in [1.82, 2.24) is 0 Å². The molecule has 0 amide bonds. The van der Waals surface area contributed by atoms with Gasteiger partial charge in [0.1, 0.15) is 0 Å². The lowest BCUT2D eigenvalue weighted by atomic mass is 10.1. The Kier molecular flexibility index (Phi) is 9.74. The van der Waals surface area contributed by atoms with Crippen molar-refractivity contribution in [3.8, 4) is 0 Å². The second-order valence-corrected chi connectivity index (χ2v) is 0.697. The highest BCUT2D eigenvalue weighted by Gasteiger charge is 2.05. The third-order valence-electron chi connectivity index (χ3n) is 0.333. The summed E-state index contributed by atoms with van der Waals surface area (Å²) in [5.74, 6) is 0. The van der Waals surface area contributed by atoms with E-state index in [9.17, 15) is 0 Å². The molecular weight excluding hydrogens is 107 g/mol. The van der Waals surface area contributed by atoms with Crippen molar-refractivity contribution in [2.45, 2.75) is 0 Å². The maximum atomic E-state index is 4.34. The van der Waals surface area contributed by atoms with Gasteiger partial charge in [-0.3, -0.25) is 0 Å². The van der Waals surface area contributed by atoms with E-state index in [1.54, 1.807) is 0 Å². The van der Waals surface area contributed by atoms with E-state index in [0.29, 0.717) is 0 Å². The van der Waals surface area contributed by atoms with Gasteiger partial charge in [0, 0.05) is 8.41 Å². The first-order chi connectivity index (χ1) is 3.00. The predicted molar refractivity (Wildman–Crippen MR) is 29.9 cm³/mol. The SMILES string of the molecule is O.[B].[B]1O[B]O[B]O1. The summed E-state index contributed by atoms with van der Waals surface area (Å²) < 4.78 is 13.0. The molecule has 0 aliphatic carbocycles. The minimum atomic E-state index is 0. The highest BCUT2D eigenvalue weighted by molar-refractivity contribution is 6.50. The van der Waals surface area contributed by atoms with E-state index in [0.717, 1.165) is 23.1 Å². The molecule has 6 radical (unpaired) electrons. The van der Waals surface area contributed by atoms with Crippen LogP contribution >= 0.6 is 0 Å². The zero-order valence-electron chi connectivity index (χ0n) is 4.03. The molecule has 1 fully saturated rings.